The summed E-state index contributed by atoms with van der Waals surface area (Å²) in [7, 11) is 0. The van der Waals surface area contributed by atoms with E-state index in [9.17, 15) is 0 Å². The van der Waals surface area contributed by atoms with Crippen LogP contribution in [0.25, 0.3) is 0 Å². The smallest absolute Gasteiger partial charge is 0.0558 e. The SMILES string of the molecule is OCCN(CCc1ccsc1)Cc1ccccc1. The van der Waals surface area contributed by atoms with Crippen LogP contribution < -0.4 is 0 Å². The van der Waals surface area contributed by atoms with Crippen molar-refractivity contribution in [3.63, 3.8) is 0 Å². The molecule has 0 atom stereocenters. The number of nitrogens with zero attached hydrogens (tertiary/aromatic N) is 1. The molecule has 3 heteroatoms. The highest BCUT2D eigenvalue weighted by molar-refractivity contribution is 7.07. The summed E-state index contributed by atoms with van der Waals surface area (Å²) in [5.41, 5.74) is 2.69. The highest BCUT2D eigenvalue weighted by atomic mass is 32.1. The fourth-order valence-electron chi connectivity index (χ4n) is 1.98. The zero-order valence-electron chi connectivity index (χ0n) is 10.5. The minimum atomic E-state index is 0.219. The highest BCUT2D eigenvalue weighted by Gasteiger charge is 2.05. The lowest BCUT2D eigenvalue weighted by molar-refractivity contribution is 0.191. The first-order chi connectivity index (χ1) is 8.88. The Bertz CT molecular complexity index is 427. The molecule has 0 aliphatic carbocycles. The van der Waals surface area contributed by atoms with Gasteiger partial charge in [-0.05, 0) is 34.4 Å². The summed E-state index contributed by atoms with van der Waals surface area (Å²) in [5.74, 6) is 0. The first-order valence-electron chi connectivity index (χ1n) is 6.26. The Kier molecular flexibility index (Phi) is 5.39. The van der Waals surface area contributed by atoms with E-state index in [1.54, 1.807) is 11.3 Å². The molecule has 1 aromatic carbocycles. The van der Waals surface area contributed by atoms with Crippen LogP contribution in [0.4, 0.5) is 0 Å². The van der Waals surface area contributed by atoms with Crippen molar-refractivity contribution >= 4 is 11.3 Å². The monoisotopic (exact) mass is 261 g/mol. The van der Waals surface area contributed by atoms with E-state index in [1.807, 2.05) is 6.07 Å². The van der Waals surface area contributed by atoms with Gasteiger partial charge in [-0.1, -0.05) is 30.3 Å². The minimum absolute atomic E-state index is 0.219. The van der Waals surface area contributed by atoms with E-state index in [1.165, 1.54) is 11.1 Å². The van der Waals surface area contributed by atoms with Gasteiger partial charge >= 0.3 is 0 Å². The predicted molar refractivity (Wildman–Crippen MR) is 76.8 cm³/mol. The van der Waals surface area contributed by atoms with Gasteiger partial charge in [0.25, 0.3) is 0 Å². The average Bonchev–Trinajstić information content (AvgIpc) is 2.91. The Hall–Kier alpha value is -1.16. The van der Waals surface area contributed by atoms with Crippen molar-refractivity contribution in [2.45, 2.75) is 13.0 Å². The second-order valence-electron chi connectivity index (χ2n) is 4.37. The van der Waals surface area contributed by atoms with E-state index in [4.69, 9.17) is 5.11 Å². The lowest BCUT2D eigenvalue weighted by Crippen LogP contribution is -2.28. The van der Waals surface area contributed by atoms with Gasteiger partial charge in [0.1, 0.15) is 0 Å². The zero-order chi connectivity index (χ0) is 12.6. The molecule has 2 nitrogen and oxygen atoms in total. The third-order valence-corrected chi connectivity index (χ3v) is 3.69. The molecule has 18 heavy (non-hydrogen) atoms. The quantitative estimate of drug-likeness (QED) is 0.828. The molecule has 2 rings (SSSR count). The van der Waals surface area contributed by atoms with E-state index in [2.05, 4.69) is 46.0 Å². The van der Waals surface area contributed by atoms with Crippen LogP contribution in [0.1, 0.15) is 11.1 Å². The molecule has 0 radical (unpaired) electrons. The number of hydrogen-bond acceptors (Lipinski definition) is 3. The van der Waals surface area contributed by atoms with E-state index in [0.29, 0.717) is 0 Å². The van der Waals surface area contributed by atoms with Crippen molar-refractivity contribution in [3.8, 4) is 0 Å². The molecule has 0 aliphatic heterocycles. The lowest BCUT2D eigenvalue weighted by atomic mass is 10.2. The van der Waals surface area contributed by atoms with Gasteiger partial charge in [0, 0.05) is 19.6 Å². The van der Waals surface area contributed by atoms with Gasteiger partial charge < -0.3 is 5.11 Å². The summed E-state index contributed by atoms with van der Waals surface area (Å²) in [4.78, 5) is 2.30. The molecular formula is C15H19NOS. The number of aliphatic hydroxyl groups is 1. The Morgan fingerprint density at radius 1 is 1.00 bits per heavy atom. The molecule has 0 bridgehead atoms. The van der Waals surface area contributed by atoms with Crippen LogP contribution in [-0.2, 0) is 13.0 Å². The van der Waals surface area contributed by atoms with E-state index in [-0.39, 0.29) is 6.61 Å². The highest BCUT2D eigenvalue weighted by Crippen LogP contribution is 2.09. The molecule has 96 valence electrons. The van der Waals surface area contributed by atoms with E-state index >= 15 is 0 Å². The van der Waals surface area contributed by atoms with Gasteiger partial charge in [0.2, 0.25) is 0 Å². The van der Waals surface area contributed by atoms with Gasteiger partial charge in [-0.15, -0.1) is 0 Å². The zero-order valence-corrected chi connectivity index (χ0v) is 11.3. The van der Waals surface area contributed by atoms with Crippen LogP contribution >= 0.6 is 11.3 Å². The largest absolute Gasteiger partial charge is 0.395 e. The Morgan fingerprint density at radius 2 is 1.83 bits per heavy atom. The van der Waals surface area contributed by atoms with Gasteiger partial charge in [0.05, 0.1) is 6.61 Å². The predicted octanol–water partition coefficient (Wildman–Crippen LogP) is 2.79. The summed E-state index contributed by atoms with van der Waals surface area (Å²) in [6, 6.07) is 12.6. The van der Waals surface area contributed by atoms with Crippen LogP contribution in [0.2, 0.25) is 0 Å². The Balaban J connectivity index is 1.87. The van der Waals surface area contributed by atoms with Crippen molar-refractivity contribution in [2.24, 2.45) is 0 Å². The van der Waals surface area contributed by atoms with Crippen LogP contribution in [-0.4, -0.2) is 29.7 Å². The fourth-order valence-corrected chi connectivity index (χ4v) is 2.68. The molecule has 1 heterocycles. The average molecular weight is 261 g/mol. The van der Waals surface area contributed by atoms with Gasteiger partial charge in [0.15, 0.2) is 0 Å². The fraction of sp³-hybridized carbons (Fsp3) is 0.333. The molecule has 0 unspecified atom stereocenters. The number of rotatable bonds is 7. The number of aliphatic hydroxyl groups excluding tert-OH is 1. The first kappa shape index (κ1) is 13.3. The van der Waals surface area contributed by atoms with Gasteiger partial charge in [-0.25, -0.2) is 0 Å². The molecule has 0 aliphatic rings. The van der Waals surface area contributed by atoms with Crippen LogP contribution in [0.5, 0.6) is 0 Å². The molecule has 0 saturated carbocycles. The van der Waals surface area contributed by atoms with E-state index in [0.717, 1.165) is 26.1 Å². The number of benzene rings is 1. The van der Waals surface area contributed by atoms with Crippen LogP contribution in [0, 0.1) is 0 Å². The normalized spacial score (nSPS) is 11.0. The molecule has 0 fully saturated rings. The standard InChI is InChI=1S/C15H19NOS/c17-10-9-16(8-6-15-7-11-18-13-15)12-14-4-2-1-3-5-14/h1-5,7,11,13,17H,6,8-10,12H2. The van der Waals surface area contributed by atoms with Gasteiger partial charge in [-0.2, -0.15) is 11.3 Å². The van der Waals surface area contributed by atoms with Crippen molar-refractivity contribution in [2.75, 3.05) is 19.7 Å². The second kappa shape index (κ2) is 7.31. The molecular weight excluding hydrogens is 242 g/mol. The summed E-state index contributed by atoms with van der Waals surface area (Å²) < 4.78 is 0. The van der Waals surface area contributed by atoms with Gasteiger partial charge in [-0.3, -0.25) is 4.90 Å². The van der Waals surface area contributed by atoms with E-state index < -0.39 is 0 Å². The molecule has 1 aromatic heterocycles. The summed E-state index contributed by atoms with van der Waals surface area (Å²) in [5, 5.41) is 13.4. The third kappa shape index (κ3) is 4.26. The molecule has 2 aromatic rings. The maximum Gasteiger partial charge on any atom is 0.0558 e. The maximum atomic E-state index is 9.13. The second-order valence-corrected chi connectivity index (χ2v) is 5.15. The number of hydrogen-bond donors (Lipinski definition) is 1. The minimum Gasteiger partial charge on any atom is -0.395 e. The molecule has 0 amide bonds. The topological polar surface area (TPSA) is 23.5 Å². The summed E-state index contributed by atoms with van der Waals surface area (Å²) in [6.45, 7) is 2.85. The first-order valence-corrected chi connectivity index (χ1v) is 7.21. The Labute approximate surface area is 113 Å². The van der Waals surface area contributed by atoms with Crippen molar-refractivity contribution < 1.29 is 5.11 Å². The Morgan fingerprint density at radius 3 is 2.50 bits per heavy atom. The summed E-state index contributed by atoms with van der Waals surface area (Å²) >= 11 is 1.74. The number of thiophene rings is 1. The van der Waals surface area contributed by atoms with Crippen molar-refractivity contribution in [1.29, 1.82) is 0 Å². The maximum absolute atomic E-state index is 9.13. The molecule has 0 spiro atoms. The summed E-state index contributed by atoms with van der Waals surface area (Å²) in [6.07, 6.45) is 1.05. The van der Waals surface area contributed by atoms with Crippen molar-refractivity contribution in [3.05, 3.63) is 58.3 Å². The lowest BCUT2D eigenvalue weighted by Gasteiger charge is -2.21. The van der Waals surface area contributed by atoms with Crippen LogP contribution in [0.3, 0.4) is 0 Å². The third-order valence-electron chi connectivity index (χ3n) is 2.96. The molecule has 1 N–H and O–H groups in total. The molecule has 0 saturated heterocycles. The van der Waals surface area contributed by atoms with Crippen molar-refractivity contribution in [1.82, 2.24) is 4.90 Å². The van der Waals surface area contributed by atoms with Crippen LogP contribution in [0.15, 0.2) is 47.2 Å².